The first-order valence-corrected chi connectivity index (χ1v) is 6.14. The topological polar surface area (TPSA) is 106 Å². The van der Waals surface area contributed by atoms with Crippen LogP contribution >= 0.6 is 0 Å². The van der Waals surface area contributed by atoms with Crippen molar-refractivity contribution >= 4 is 21.6 Å². The molecule has 1 aromatic carbocycles. The third kappa shape index (κ3) is 1.80. The Morgan fingerprint density at radius 3 is 2.56 bits per heavy atom. The lowest BCUT2D eigenvalue weighted by molar-refractivity contribution is -0.123. The molecular formula is C9H11N3O3S. The van der Waals surface area contributed by atoms with E-state index in [1.807, 2.05) is 0 Å². The number of amides is 1. The number of rotatable bonds is 2. The summed E-state index contributed by atoms with van der Waals surface area (Å²) in [5, 5.41) is 4.99. The van der Waals surface area contributed by atoms with Crippen LogP contribution in [0.2, 0.25) is 0 Å². The molecule has 0 aromatic heterocycles. The molecule has 1 saturated heterocycles. The number of nitrogens with zero attached hydrogens (tertiary/aromatic N) is 1. The van der Waals surface area contributed by atoms with Crippen molar-refractivity contribution in [2.75, 3.05) is 11.4 Å². The lowest BCUT2D eigenvalue weighted by atomic mass is 10.1. The van der Waals surface area contributed by atoms with Crippen molar-refractivity contribution in [2.24, 2.45) is 10.9 Å². The normalized spacial score (nSPS) is 20.8. The molecule has 1 atom stereocenters. The Labute approximate surface area is 92.9 Å². The van der Waals surface area contributed by atoms with E-state index >= 15 is 0 Å². The summed E-state index contributed by atoms with van der Waals surface area (Å²) in [6.45, 7) is 0.396. The Morgan fingerprint density at radius 2 is 2.06 bits per heavy atom. The highest BCUT2D eigenvalue weighted by Gasteiger charge is 2.34. The summed E-state index contributed by atoms with van der Waals surface area (Å²) >= 11 is 0. The van der Waals surface area contributed by atoms with Crippen molar-refractivity contribution in [3.63, 3.8) is 0 Å². The quantitative estimate of drug-likeness (QED) is 0.648. The summed E-state index contributed by atoms with van der Waals surface area (Å²) in [7, 11) is -3.74. The number of β-lactam (4-membered cyclic amide) rings is 1. The van der Waals surface area contributed by atoms with Crippen LogP contribution in [0.25, 0.3) is 0 Å². The van der Waals surface area contributed by atoms with E-state index in [-0.39, 0.29) is 10.8 Å². The third-order valence-electron chi connectivity index (χ3n) is 2.42. The maximum absolute atomic E-state index is 11.3. The summed E-state index contributed by atoms with van der Waals surface area (Å²) in [4.78, 5) is 12.7. The monoisotopic (exact) mass is 241 g/mol. The van der Waals surface area contributed by atoms with Gasteiger partial charge in [0.25, 0.3) is 0 Å². The Balaban J connectivity index is 2.34. The molecule has 4 N–H and O–H groups in total. The molecule has 1 aromatic rings. The predicted molar refractivity (Wildman–Crippen MR) is 58.1 cm³/mol. The molecule has 1 aliphatic rings. The molecule has 0 aliphatic carbocycles. The van der Waals surface area contributed by atoms with E-state index in [9.17, 15) is 13.2 Å². The molecule has 6 nitrogen and oxygen atoms in total. The van der Waals surface area contributed by atoms with Crippen LogP contribution in [0.15, 0.2) is 29.2 Å². The molecule has 0 radical (unpaired) electrons. The fourth-order valence-corrected chi connectivity index (χ4v) is 2.07. The molecule has 1 heterocycles. The number of carbonyl (C=O) groups is 1. The predicted octanol–water partition coefficient (Wildman–Crippen LogP) is -0.992. The highest BCUT2D eigenvalue weighted by atomic mass is 32.2. The van der Waals surface area contributed by atoms with Gasteiger partial charge in [0.05, 0.1) is 11.4 Å². The van der Waals surface area contributed by atoms with Crippen LogP contribution in [-0.4, -0.2) is 26.9 Å². The summed E-state index contributed by atoms with van der Waals surface area (Å²) in [6.07, 6.45) is 0. The molecule has 1 fully saturated rings. The van der Waals surface area contributed by atoms with Crippen molar-refractivity contribution in [3.05, 3.63) is 24.3 Å². The summed E-state index contributed by atoms with van der Waals surface area (Å²) in [6, 6.07) is 5.42. The van der Waals surface area contributed by atoms with Crippen LogP contribution in [0.5, 0.6) is 0 Å². The number of carbonyl (C=O) groups excluding carboxylic acids is 1. The lowest BCUT2D eigenvalue weighted by Gasteiger charge is -2.36. The molecule has 0 bridgehead atoms. The van der Waals surface area contributed by atoms with Gasteiger partial charge in [-0.15, -0.1) is 0 Å². The number of hydrogen-bond donors (Lipinski definition) is 2. The molecule has 7 heteroatoms. The average Bonchev–Trinajstić information content (AvgIpc) is 2.24. The minimum absolute atomic E-state index is 0.0155. The molecular weight excluding hydrogens is 230 g/mol. The molecule has 1 aliphatic heterocycles. The van der Waals surface area contributed by atoms with Crippen molar-refractivity contribution in [1.82, 2.24) is 0 Å². The zero-order valence-corrected chi connectivity index (χ0v) is 9.15. The standard InChI is InChI=1S/C9H11N3O3S/c10-8-5-12(9(8)13)6-2-1-3-7(4-6)16(11,14)15/h1-4,8H,5,10H2,(H2,11,14,15). The first-order valence-electron chi connectivity index (χ1n) is 4.59. The SMILES string of the molecule is NC1CN(c2cccc(S(N)(=O)=O)c2)C1=O. The molecule has 86 valence electrons. The van der Waals surface area contributed by atoms with Crippen LogP contribution in [-0.2, 0) is 14.8 Å². The lowest BCUT2D eigenvalue weighted by Crippen LogP contribution is -2.61. The van der Waals surface area contributed by atoms with Gasteiger partial charge < -0.3 is 10.6 Å². The van der Waals surface area contributed by atoms with E-state index < -0.39 is 16.1 Å². The number of primary sulfonamides is 1. The Bertz CT molecular complexity index is 541. The number of benzene rings is 1. The van der Waals surface area contributed by atoms with Gasteiger partial charge in [-0.1, -0.05) is 6.07 Å². The number of anilines is 1. The second-order valence-electron chi connectivity index (χ2n) is 3.60. The second kappa shape index (κ2) is 3.55. The summed E-state index contributed by atoms with van der Waals surface area (Å²) in [5.74, 6) is -0.216. The van der Waals surface area contributed by atoms with Gasteiger partial charge in [-0.2, -0.15) is 0 Å². The van der Waals surface area contributed by atoms with Crippen LogP contribution < -0.4 is 15.8 Å². The molecule has 0 saturated carbocycles. The molecule has 0 spiro atoms. The number of sulfonamides is 1. The van der Waals surface area contributed by atoms with Gasteiger partial charge in [0.1, 0.15) is 6.04 Å². The summed E-state index contributed by atoms with van der Waals surface area (Å²) in [5.41, 5.74) is 5.94. The first kappa shape index (κ1) is 11.1. The van der Waals surface area contributed by atoms with Gasteiger partial charge in [0.2, 0.25) is 15.9 Å². The smallest absolute Gasteiger partial charge is 0.245 e. The van der Waals surface area contributed by atoms with E-state index in [1.54, 1.807) is 6.07 Å². The Kier molecular flexibility index (Phi) is 2.45. The highest BCUT2D eigenvalue weighted by Crippen LogP contribution is 2.23. The number of hydrogen-bond acceptors (Lipinski definition) is 4. The van der Waals surface area contributed by atoms with Crippen molar-refractivity contribution < 1.29 is 13.2 Å². The Morgan fingerprint density at radius 1 is 1.38 bits per heavy atom. The van der Waals surface area contributed by atoms with Gasteiger partial charge in [-0.3, -0.25) is 4.79 Å². The van der Waals surface area contributed by atoms with Gasteiger partial charge in [0, 0.05) is 5.69 Å². The van der Waals surface area contributed by atoms with E-state index in [0.717, 1.165) is 0 Å². The molecule has 1 amide bonds. The molecule has 1 unspecified atom stereocenters. The number of nitrogens with two attached hydrogens (primary N) is 2. The molecule has 2 rings (SSSR count). The van der Waals surface area contributed by atoms with Crippen LogP contribution in [0, 0.1) is 0 Å². The largest absolute Gasteiger partial charge is 0.318 e. The minimum Gasteiger partial charge on any atom is -0.318 e. The highest BCUT2D eigenvalue weighted by molar-refractivity contribution is 7.89. The summed E-state index contributed by atoms with van der Waals surface area (Å²) < 4.78 is 22.2. The van der Waals surface area contributed by atoms with Gasteiger partial charge in [0.15, 0.2) is 0 Å². The van der Waals surface area contributed by atoms with Crippen molar-refractivity contribution in [3.8, 4) is 0 Å². The maximum atomic E-state index is 11.3. The van der Waals surface area contributed by atoms with Crippen molar-refractivity contribution in [1.29, 1.82) is 0 Å². The minimum atomic E-state index is -3.74. The zero-order chi connectivity index (χ0) is 11.9. The Hall–Kier alpha value is -1.44. The third-order valence-corrected chi connectivity index (χ3v) is 3.33. The maximum Gasteiger partial charge on any atom is 0.245 e. The van der Waals surface area contributed by atoms with Gasteiger partial charge in [-0.05, 0) is 18.2 Å². The van der Waals surface area contributed by atoms with Gasteiger partial charge in [-0.25, -0.2) is 13.6 Å². The van der Waals surface area contributed by atoms with E-state index in [4.69, 9.17) is 10.9 Å². The molecule has 16 heavy (non-hydrogen) atoms. The second-order valence-corrected chi connectivity index (χ2v) is 5.16. The first-order chi connectivity index (χ1) is 7.39. The fraction of sp³-hybridized carbons (Fsp3) is 0.222. The fourth-order valence-electron chi connectivity index (χ4n) is 1.51. The van der Waals surface area contributed by atoms with E-state index in [1.165, 1.54) is 23.1 Å². The zero-order valence-electron chi connectivity index (χ0n) is 8.33. The van der Waals surface area contributed by atoms with Crippen LogP contribution in [0.3, 0.4) is 0 Å². The average molecular weight is 241 g/mol. The van der Waals surface area contributed by atoms with Crippen LogP contribution in [0.4, 0.5) is 5.69 Å². The van der Waals surface area contributed by atoms with E-state index in [0.29, 0.717) is 12.2 Å². The van der Waals surface area contributed by atoms with E-state index in [2.05, 4.69) is 0 Å². The van der Waals surface area contributed by atoms with Crippen molar-refractivity contribution in [2.45, 2.75) is 10.9 Å². The van der Waals surface area contributed by atoms with Gasteiger partial charge >= 0.3 is 0 Å². The van der Waals surface area contributed by atoms with Crippen LogP contribution in [0.1, 0.15) is 0 Å².